The fourth-order valence-corrected chi connectivity index (χ4v) is 2.09. The summed E-state index contributed by atoms with van der Waals surface area (Å²) < 4.78 is 5.39. The highest BCUT2D eigenvalue weighted by Gasteiger charge is 2.23. The molecule has 1 aromatic carbocycles. The van der Waals surface area contributed by atoms with Gasteiger partial charge in [-0.25, -0.2) is 9.59 Å². The van der Waals surface area contributed by atoms with E-state index in [2.05, 4.69) is 11.1 Å². The third-order valence-corrected chi connectivity index (χ3v) is 3.38. The molecule has 0 fully saturated rings. The number of carbonyl (C=O) groups excluding carboxylic acids is 1. The fourth-order valence-electron chi connectivity index (χ4n) is 2.09. The Bertz CT molecular complexity index is 858. The summed E-state index contributed by atoms with van der Waals surface area (Å²) >= 11 is 0. The number of carbonyl (C=O) groups is 3. The van der Waals surface area contributed by atoms with Crippen molar-refractivity contribution in [3.8, 4) is 5.75 Å². The van der Waals surface area contributed by atoms with Crippen molar-refractivity contribution in [2.75, 3.05) is 0 Å². The van der Waals surface area contributed by atoms with E-state index in [-0.39, 0.29) is 12.0 Å². The van der Waals surface area contributed by atoms with E-state index in [9.17, 15) is 14.4 Å². The first kappa shape index (κ1) is 22.9. The molecule has 8 nitrogen and oxygen atoms in total. The summed E-state index contributed by atoms with van der Waals surface area (Å²) in [7, 11) is 0. The summed E-state index contributed by atoms with van der Waals surface area (Å²) in [4.78, 5) is 34.3. The molecule has 1 atom stereocenters. The molecular formula is C20H26N2O6. The summed E-state index contributed by atoms with van der Waals surface area (Å²) in [6.45, 7) is 7.48. The van der Waals surface area contributed by atoms with Gasteiger partial charge in [-0.05, 0) is 51.3 Å². The number of H-pyrrole nitrogens is 1. The lowest BCUT2D eigenvalue weighted by molar-refractivity contribution is -0.143. The van der Waals surface area contributed by atoms with Gasteiger partial charge in [-0.2, -0.15) is 0 Å². The molecule has 0 bridgehead atoms. The van der Waals surface area contributed by atoms with Crippen LogP contribution in [0.4, 0.5) is 0 Å². The molecule has 0 aliphatic carbocycles. The largest absolute Gasteiger partial charge is 0.478 e. The Kier molecular flexibility index (Phi) is 7.94. The third kappa shape index (κ3) is 8.05. The maximum absolute atomic E-state index is 11.9. The van der Waals surface area contributed by atoms with Crippen LogP contribution in [-0.2, 0) is 20.8 Å². The number of carboxylic acid groups (broad SMARTS) is 2. The number of aromatic amines is 1. The van der Waals surface area contributed by atoms with E-state index < -0.39 is 17.4 Å². The van der Waals surface area contributed by atoms with Crippen LogP contribution in [0.15, 0.2) is 36.4 Å². The van der Waals surface area contributed by atoms with E-state index in [0.29, 0.717) is 17.9 Å². The molecule has 0 radical (unpaired) electrons. The number of rotatable bonds is 5. The van der Waals surface area contributed by atoms with Gasteiger partial charge in [-0.15, -0.1) is 0 Å². The van der Waals surface area contributed by atoms with Crippen molar-refractivity contribution in [3.05, 3.63) is 42.1 Å². The van der Waals surface area contributed by atoms with Gasteiger partial charge in [-0.1, -0.05) is 0 Å². The minimum absolute atomic E-state index is 0.112. The highest BCUT2D eigenvalue weighted by atomic mass is 16.5. The number of nitrogens with one attached hydrogen (secondary N) is 1. The van der Waals surface area contributed by atoms with Crippen LogP contribution in [0.5, 0.6) is 5.75 Å². The molecule has 0 aliphatic heterocycles. The first-order valence-corrected chi connectivity index (χ1v) is 8.62. The quantitative estimate of drug-likeness (QED) is 0.349. The number of carboxylic acids is 2. The number of fused-ring (bicyclic) bond motifs is 1. The molecule has 0 spiro atoms. The minimum Gasteiger partial charge on any atom is -0.478 e. The van der Waals surface area contributed by atoms with Gasteiger partial charge in [0.15, 0.2) is 0 Å². The highest BCUT2D eigenvalue weighted by Crippen LogP contribution is 2.24. The fraction of sp³-hybridized carbons (Fsp3) is 0.350. The number of aliphatic carboxylic acids is 2. The molecule has 0 aliphatic rings. The van der Waals surface area contributed by atoms with E-state index in [0.717, 1.165) is 23.0 Å². The zero-order valence-corrected chi connectivity index (χ0v) is 16.4. The Balaban J connectivity index is 0.000000416. The summed E-state index contributed by atoms with van der Waals surface area (Å²) in [6, 6.07) is 7.80. The predicted molar refractivity (Wildman–Crippen MR) is 105 cm³/mol. The second-order valence-electron chi connectivity index (χ2n) is 7.37. The molecule has 1 heterocycles. The van der Waals surface area contributed by atoms with Gasteiger partial charge in [0.25, 0.3) is 0 Å². The summed E-state index contributed by atoms with van der Waals surface area (Å²) in [5.41, 5.74) is 7.34. The molecule has 152 valence electrons. The zero-order chi connectivity index (χ0) is 21.5. The molecule has 0 saturated heterocycles. The van der Waals surface area contributed by atoms with Crippen molar-refractivity contribution in [3.63, 3.8) is 0 Å². The van der Waals surface area contributed by atoms with Gasteiger partial charge in [0.1, 0.15) is 5.75 Å². The average Bonchev–Trinajstić information content (AvgIpc) is 2.93. The van der Waals surface area contributed by atoms with Crippen LogP contribution < -0.4 is 10.5 Å². The van der Waals surface area contributed by atoms with Crippen LogP contribution in [-0.4, -0.2) is 39.1 Å². The van der Waals surface area contributed by atoms with Crippen LogP contribution in [0, 0.1) is 5.41 Å². The van der Waals surface area contributed by atoms with Crippen LogP contribution in [0.3, 0.4) is 0 Å². The number of hydrogen-bond donors (Lipinski definition) is 4. The SMILES string of the molecule is CC(N)Cc1cc2ccc(OC(=O)C(C)(C)C)cc2[nH]1.O=C(O)/C=C/C(=O)O. The molecule has 1 unspecified atom stereocenters. The van der Waals surface area contributed by atoms with Crippen molar-refractivity contribution >= 4 is 28.8 Å². The Morgan fingerprint density at radius 1 is 1.14 bits per heavy atom. The molecule has 1 aromatic heterocycles. The van der Waals surface area contributed by atoms with Crippen molar-refractivity contribution in [1.29, 1.82) is 0 Å². The number of ether oxygens (including phenoxy) is 1. The van der Waals surface area contributed by atoms with Gasteiger partial charge < -0.3 is 25.7 Å². The van der Waals surface area contributed by atoms with E-state index in [1.807, 2.05) is 45.9 Å². The molecule has 2 rings (SSSR count). The van der Waals surface area contributed by atoms with Crippen molar-refractivity contribution in [1.82, 2.24) is 4.98 Å². The second-order valence-corrected chi connectivity index (χ2v) is 7.37. The molecule has 2 aromatic rings. The van der Waals surface area contributed by atoms with Gasteiger partial charge in [-0.3, -0.25) is 4.79 Å². The summed E-state index contributed by atoms with van der Waals surface area (Å²) in [6.07, 6.45) is 1.91. The molecule has 28 heavy (non-hydrogen) atoms. The van der Waals surface area contributed by atoms with Crippen LogP contribution in [0.1, 0.15) is 33.4 Å². The molecular weight excluding hydrogens is 364 g/mol. The van der Waals surface area contributed by atoms with Crippen LogP contribution >= 0.6 is 0 Å². The maximum Gasteiger partial charge on any atom is 0.328 e. The topological polar surface area (TPSA) is 143 Å². The van der Waals surface area contributed by atoms with Gasteiger partial charge >= 0.3 is 17.9 Å². The van der Waals surface area contributed by atoms with Gasteiger partial charge in [0.2, 0.25) is 0 Å². The smallest absolute Gasteiger partial charge is 0.328 e. The first-order valence-electron chi connectivity index (χ1n) is 8.62. The standard InChI is InChI=1S/C16H22N2O2.C4H4O4/c1-10(17)7-12-8-11-5-6-13(9-14(11)18-12)20-15(19)16(2,3)4;5-3(6)1-2-4(7)8/h5-6,8-10,18H,7,17H2,1-4H3;1-2H,(H,5,6)(H,7,8)/b;2-1+. The van der Waals surface area contributed by atoms with E-state index in [1.165, 1.54) is 0 Å². The van der Waals surface area contributed by atoms with Gasteiger partial charge in [0.05, 0.1) is 5.41 Å². The number of nitrogens with two attached hydrogens (primary N) is 1. The number of hydrogen-bond acceptors (Lipinski definition) is 5. The highest BCUT2D eigenvalue weighted by molar-refractivity contribution is 5.89. The first-order chi connectivity index (χ1) is 12.9. The average molecular weight is 390 g/mol. The van der Waals surface area contributed by atoms with E-state index >= 15 is 0 Å². The summed E-state index contributed by atoms with van der Waals surface area (Å²) in [5.74, 6) is -2.19. The predicted octanol–water partition coefficient (Wildman–Crippen LogP) is 2.72. The number of benzene rings is 1. The van der Waals surface area contributed by atoms with Crippen molar-refractivity contribution in [2.45, 2.75) is 40.2 Å². The Labute approximate surface area is 163 Å². The van der Waals surface area contributed by atoms with E-state index in [1.54, 1.807) is 0 Å². The normalized spacial score (nSPS) is 12.3. The maximum atomic E-state index is 11.9. The lowest BCUT2D eigenvalue weighted by atomic mass is 9.97. The Morgan fingerprint density at radius 3 is 2.18 bits per heavy atom. The summed E-state index contributed by atoms with van der Waals surface area (Å²) in [5, 5.41) is 16.7. The van der Waals surface area contributed by atoms with E-state index in [4.69, 9.17) is 20.7 Å². The third-order valence-electron chi connectivity index (χ3n) is 3.38. The molecule has 8 heteroatoms. The number of esters is 1. The molecule has 5 N–H and O–H groups in total. The zero-order valence-electron chi connectivity index (χ0n) is 16.4. The van der Waals surface area contributed by atoms with Gasteiger partial charge in [0, 0.05) is 41.9 Å². The van der Waals surface area contributed by atoms with Crippen molar-refractivity contribution in [2.24, 2.45) is 11.1 Å². The lowest BCUT2D eigenvalue weighted by Crippen LogP contribution is -2.25. The molecule has 0 amide bonds. The Hall–Kier alpha value is -3.13. The monoisotopic (exact) mass is 390 g/mol. The minimum atomic E-state index is -1.26. The van der Waals surface area contributed by atoms with Crippen LogP contribution in [0.25, 0.3) is 10.9 Å². The second kappa shape index (κ2) is 9.70. The lowest BCUT2D eigenvalue weighted by Gasteiger charge is -2.16. The van der Waals surface area contributed by atoms with Crippen molar-refractivity contribution < 1.29 is 29.3 Å². The Morgan fingerprint density at radius 2 is 1.71 bits per heavy atom. The molecule has 0 saturated carbocycles. The van der Waals surface area contributed by atoms with Crippen LogP contribution in [0.2, 0.25) is 0 Å². The number of aromatic nitrogens is 1.